The zero-order valence-corrected chi connectivity index (χ0v) is 19.1. The molecule has 5 nitrogen and oxygen atoms in total. The van der Waals surface area contributed by atoms with Gasteiger partial charge in [0.25, 0.3) is 5.91 Å². The number of hydrogen-bond acceptors (Lipinski definition) is 2. The lowest BCUT2D eigenvalue weighted by Gasteiger charge is -2.45. The van der Waals surface area contributed by atoms with Crippen LogP contribution < -0.4 is 5.32 Å². The van der Waals surface area contributed by atoms with Gasteiger partial charge in [0, 0.05) is 28.5 Å². The van der Waals surface area contributed by atoms with Crippen molar-refractivity contribution in [1.82, 2.24) is 14.8 Å². The molecular formula is C26H28ClN3O2. The molecule has 2 amide bonds. The van der Waals surface area contributed by atoms with E-state index in [1.54, 1.807) is 4.90 Å². The Hall–Kier alpha value is -2.79. The van der Waals surface area contributed by atoms with E-state index in [4.69, 9.17) is 11.6 Å². The van der Waals surface area contributed by atoms with E-state index in [0.29, 0.717) is 23.8 Å². The van der Waals surface area contributed by atoms with Crippen molar-refractivity contribution in [2.45, 2.75) is 63.7 Å². The molecule has 0 bridgehead atoms. The number of rotatable bonds is 4. The van der Waals surface area contributed by atoms with Gasteiger partial charge in [-0.1, -0.05) is 61.2 Å². The molecule has 0 unspecified atom stereocenters. The van der Waals surface area contributed by atoms with Crippen molar-refractivity contribution in [3.8, 4) is 0 Å². The van der Waals surface area contributed by atoms with E-state index in [9.17, 15) is 9.59 Å². The number of nitrogens with one attached hydrogen (secondary N) is 1. The largest absolute Gasteiger partial charge is 0.351 e. The Morgan fingerprint density at radius 1 is 1.09 bits per heavy atom. The summed E-state index contributed by atoms with van der Waals surface area (Å²) >= 11 is 6.06. The summed E-state index contributed by atoms with van der Waals surface area (Å²) in [6, 6.07) is 17.6. The third kappa shape index (κ3) is 3.69. The number of carbonyl (C=O) groups excluding carboxylic acids is 2. The molecule has 166 valence electrons. The second-order valence-corrected chi connectivity index (χ2v) is 9.71. The second kappa shape index (κ2) is 8.28. The molecule has 0 spiro atoms. The van der Waals surface area contributed by atoms with Crippen LogP contribution in [0, 0.1) is 0 Å². The Labute approximate surface area is 193 Å². The van der Waals surface area contributed by atoms with E-state index < -0.39 is 5.54 Å². The van der Waals surface area contributed by atoms with E-state index in [1.807, 2.05) is 66.1 Å². The number of fused-ring (bicyclic) bond motifs is 3. The summed E-state index contributed by atoms with van der Waals surface area (Å²) in [6.45, 7) is 2.68. The van der Waals surface area contributed by atoms with Gasteiger partial charge in [-0.15, -0.1) is 0 Å². The maximum atomic E-state index is 13.8. The van der Waals surface area contributed by atoms with Crippen LogP contribution in [-0.2, 0) is 17.9 Å². The first-order valence-electron chi connectivity index (χ1n) is 11.4. The molecule has 1 aliphatic heterocycles. The molecule has 5 rings (SSSR count). The molecule has 2 aliphatic rings. The van der Waals surface area contributed by atoms with Crippen LogP contribution >= 0.6 is 11.6 Å². The van der Waals surface area contributed by atoms with Gasteiger partial charge in [-0.3, -0.25) is 9.59 Å². The van der Waals surface area contributed by atoms with Crippen molar-refractivity contribution in [1.29, 1.82) is 0 Å². The van der Waals surface area contributed by atoms with Crippen molar-refractivity contribution in [2.24, 2.45) is 0 Å². The maximum absolute atomic E-state index is 13.8. The summed E-state index contributed by atoms with van der Waals surface area (Å²) in [6.07, 6.45) is 5.52. The van der Waals surface area contributed by atoms with Crippen molar-refractivity contribution in [3.05, 3.63) is 70.9 Å². The fourth-order valence-corrected chi connectivity index (χ4v) is 5.24. The highest BCUT2D eigenvalue weighted by atomic mass is 35.5. The number of nitrogens with zero attached hydrogens (tertiary/aromatic N) is 2. The van der Waals surface area contributed by atoms with Crippen LogP contribution in [0.5, 0.6) is 0 Å². The minimum Gasteiger partial charge on any atom is -0.351 e. The van der Waals surface area contributed by atoms with Crippen molar-refractivity contribution in [3.63, 3.8) is 0 Å². The topological polar surface area (TPSA) is 54.3 Å². The lowest BCUT2D eigenvalue weighted by molar-refractivity contribution is -0.134. The Bertz CT molecular complexity index is 1160. The van der Waals surface area contributed by atoms with Crippen LogP contribution in [-0.4, -0.2) is 32.9 Å². The zero-order chi connectivity index (χ0) is 22.3. The van der Waals surface area contributed by atoms with Crippen molar-refractivity contribution >= 4 is 34.3 Å². The van der Waals surface area contributed by atoms with E-state index in [-0.39, 0.29) is 17.9 Å². The first kappa shape index (κ1) is 21.1. The summed E-state index contributed by atoms with van der Waals surface area (Å²) < 4.78 is 2.01. The predicted octanol–water partition coefficient (Wildman–Crippen LogP) is 5.16. The summed E-state index contributed by atoms with van der Waals surface area (Å²) in [4.78, 5) is 29.2. The normalized spacial score (nSPS) is 21.6. The first-order chi connectivity index (χ1) is 15.5. The molecule has 1 fully saturated rings. The fraction of sp³-hybridized carbons (Fsp3) is 0.385. The fourth-order valence-electron chi connectivity index (χ4n) is 5.11. The van der Waals surface area contributed by atoms with Gasteiger partial charge in [-0.2, -0.15) is 0 Å². The van der Waals surface area contributed by atoms with E-state index in [1.165, 1.54) is 6.42 Å². The molecule has 2 aromatic carbocycles. The third-order valence-electron chi connectivity index (χ3n) is 7.02. The first-order valence-corrected chi connectivity index (χ1v) is 11.8. The molecule has 2 heterocycles. The number of benzene rings is 2. The predicted molar refractivity (Wildman–Crippen MR) is 127 cm³/mol. The minimum absolute atomic E-state index is 0.0739. The molecule has 0 saturated heterocycles. The number of amides is 2. The van der Waals surface area contributed by atoms with Crippen LogP contribution in [0.4, 0.5) is 0 Å². The number of halogens is 1. The molecule has 1 atom stereocenters. The molecular weight excluding hydrogens is 422 g/mol. The highest BCUT2D eigenvalue weighted by Gasteiger charge is 2.48. The summed E-state index contributed by atoms with van der Waals surface area (Å²) in [5.74, 6) is -0.196. The molecule has 1 saturated carbocycles. The number of carbonyl (C=O) groups is 2. The molecule has 0 radical (unpaired) electrons. The summed E-state index contributed by atoms with van der Waals surface area (Å²) in [5, 5.41) is 4.94. The van der Waals surface area contributed by atoms with Gasteiger partial charge < -0.3 is 14.8 Å². The smallest absolute Gasteiger partial charge is 0.271 e. The summed E-state index contributed by atoms with van der Waals surface area (Å²) in [5.41, 5.74) is 1.56. The average molecular weight is 450 g/mol. The SMILES string of the molecule is C[C@@]1(C(=O)NC2CCCCC2)Cn2c(cc3ccccc32)C(=O)N1Cc1ccc(Cl)cc1. The Balaban J connectivity index is 1.54. The number of hydrogen-bond donors (Lipinski definition) is 1. The van der Waals surface area contributed by atoms with E-state index in [0.717, 1.165) is 42.1 Å². The lowest BCUT2D eigenvalue weighted by Crippen LogP contribution is -2.64. The van der Waals surface area contributed by atoms with E-state index in [2.05, 4.69) is 5.32 Å². The van der Waals surface area contributed by atoms with Gasteiger partial charge in [0.2, 0.25) is 5.91 Å². The molecule has 1 N–H and O–H groups in total. The highest BCUT2D eigenvalue weighted by Crippen LogP contribution is 2.34. The quantitative estimate of drug-likeness (QED) is 0.598. The number of para-hydroxylation sites is 1. The molecule has 1 aliphatic carbocycles. The lowest BCUT2D eigenvalue weighted by atomic mass is 9.91. The molecule has 32 heavy (non-hydrogen) atoms. The summed E-state index contributed by atoms with van der Waals surface area (Å²) in [7, 11) is 0. The zero-order valence-electron chi connectivity index (χ0n) is 18.3. The standard InChI is InChI=1S/C26H28ClN3O2/c1-26(25(32)28-21-8-3-2-4-9-21)17-29-22-10-6-5-7-19(22)15-23(29)24(31)30(26)16-18-11-13-20(27)14-12-18/h5-7,10-15,21H,2-4,8-9,16-17H2,1H3,(H,28,32)/t26-/m0/s1. The average Bonchev–Trinajstić information content (AvgIpc) is 3.17. The Morgan fingerprint density at radius 3 is 2.56 bits per heavy atom. The van der Waals surface area contributed by atoms with Gasteiger partial charge in [0.05, 0.1) is 6.54 Å². The minimum atomic E-state index is -0.997. The van der Waals surface area contributed by atoms with Gasteiger partial charge in [0.1, 0.15) is 11.2 Å². The van der Waals surface area contributed by atoms with E-state index >= 15 is 0 Å². The molecule has 1 aromatic heterocycles. The monoisotopic (exact) mass is 449 g/mol. The Morgan fingerprint density at radius 2 is 1.81 bits per heavy atom. The van der Waals surface area contributed by atoms with Crippen LogP contribution in [0.1, 0.15) is 55.1 Å². The second-order valence-electron chi connectivity index (χ2n) is 9.27. The van der Waals surface area contributed by atoms with Gasteiger partial charge >= 0.3 is 0 Å². The van der Waals surface area contributed by atoms with Crippen LogP contribution in [0.3, 0.4) is 0 Å². The van der Waals surface area contributed by atoms with Crippen LogP contribution in [0.2, 0.25) is 5.02 Å². The maximum Gasteiger partial charge on any atom is 0.271 e. The number of aromatic nitrogens is 1. The molecule has 6 heteroatoms. The van der Waals surface area contributed by atoms with Crippen molar-refractivity contribution < 1.29 is 9.59 Å². The third-order valence-corrected chi connectivity index (χ3v) is 7.27. The Kier molecular flexibility index (Phi) is 5.46. The molecule has 3 aromatic rings. The highest BCUT2D eigenvalue weighted by molar-refractivity contribution is 6.30. The van der Waals surface area contributed by atoms with Crippen molar-refractivity contribution in [2.75, 3.05) is 0 Å². The van der Waals surface area contributed by atoms with Gasteiger partial charge in [-0.05, 0) is 49.6 Å². The van der Waals surface area contributed by atoms with Gasteiger partial charge in [0.15, 0.2) is 0 Å². The van der Waals surface area contributed by atoms with Crippen LogP contribution in [0.25, 0.3) is 10.9 Å². The van der Waals surface area contributed by atoms with Crippen LogP contribution in [0.15, 0.2) is 54.6 Å². The van der Waals surface area contributed by atoms with Gasteiger partial charge in [-0.25, -0.2) is 0 Å².